The normalized spacial score (nSPS) is 42.9. The average Bonchev–Trinajstić information content (AvgIpc) is 3.19. The van der Waals surface area contributed by atoms with Gasteiger partial charge in [-0.05, 0) is 61.5 Å². The molecule has 5 rings (SSSR count). The Morgan fingerprint density at radius 2 is 2.00 bits per heavy atom. The van der Waals surface area contributed by atoms with Crippen molar-refractivity contribution in [2.75, 3.05) is 6.61 Å². The number of ether oxygens (including phenoxy) is 1. The zero-order chi connectivity index (χ0) is 14.0. The van der Waals surface area contributed by atoms with E-state index in [0.717, 1.165) is 29.4 Å². The maximum atomic E-state index is 9.56. The third-order valence-electron chi connectivity index (χ3n) is 6.62. The lowest BCUT2D eigenvalue weighted by atomic mass is 9.79. The molecule has 3 nitrogen and oxygen atoms in total. The van der Waals surface area contributed by atoms with Crippen molar-refractivity contribution in [3.8, 4) is 11.5 Å². The largest absolute Gasteiger partial charge is 0.508 e. The number of hydrogen-bond donors (Lipinski definition) is 2. The van der Waals surface area contributed by atoms with E-state index in [1.807, 2.05) is 6.07 Å². The quantitative estimate of drug-likeness (QED) is 0.876. The fourth-order valence-corrected chi connectivity index (χ4v) is 5.85. The van der Waals surface area contributed by atoms with Gasteiger partial charge in [-0.15, -0.1) is 0 Å². The lowest BCUT2D eigenvalue weighted by molar-refractivity contribution is 0.189. The van der Waals surface area contributed by atoms with Crippen molar-refractivity contribution in [2.24, 2.45) is 23.7 Å². The monoisotopic (exact) mass is 285 g/mol. The summed E-state index contributed by atoms with van der Waals surface area (Å²) >= 11 is 0. The molecule has 112 valence electrons. The summed E-state index contributed by atoms with van der Waals surface area (Å²) in [4.78, 5) is 0. The molecule has 21 heavy (non-hydrogen) atoms. The van der Waals surface area contributed by atoms with Crippen LogP contribution in [0.25, 0.3) is 0 Å². The Labute approximate surface area is 125 Å². The van der Waals surface area contributed by atoms with E-state index in [2.05, 4.69) is 5.32 Å². The molecule has 2 N–H and O–H groups in total. The Bertz CT molecular complexity index is 572. The Hall–Kier alpha value is -1.22. The first-order chi connectivity index (χ1) is 10.3. The van der Waals surface area contributed by atoms with Crippen LogP contribution in [0.3, 0.4) is 0 Å². The van der Waals surface area contributed by atoms with Gasteiger partial charge in [-0.1, -0.05) is 6.42 Å². The van der Waals surface area contributed by atoms with Gasteiger partial charge in [0.05, 0.1) is 6.04 Å². The summed E-state index contributed by atoms with van der Waals surface area (Å²) in [5.74, 6) is 5.10. The average molecular weight is 285 g/mol. The molecule has 1 aromatic carbocycles. The van der Waals surface area contributed by atoms with Crippen LogP contribution in [0.15, 0.2) is 18.2 Å². The summed E-state index contributed by atoms with van der Waals surface area (Å²) < 4.78 is 5.75. The van der Waals surface area contributed by atoms with Gasteiger partial charge in [-0.2, -0.15) is 0 Å². The molecule has 6 unspecified atom stereocenters. The van der Waals surface area contributed by atoms with Crippen molar-refractivity contribution in [2.45, 2.75) is 44.2 Å². The van der Waals surface area contributed by atoms with Crippen molar-refractivity contribution in [1.29, 1.82) is 0 Å². The van der Waals surface area contributed by atoms with Crippen LogP contribution < -0.4 is 10.1 Å². The van der Waals surface area contributed by atoms with Crippen molar-refractivity contribution >= 4 is 0 Å². The number of benzene rings is 1. The van der Waals surface area contributed by atoms with E-state index in [0.29, 0.717) is 24.4 Å². The molecule has 1 aromatic rings. The molecule has 2 bridgehead atoms. The Morgan fingerprint density at radius 1 is 1.10 bits per heavy atom. The minimum Gasteiger partial charge on any atom is -0.508 e. The molecule has 3 saturated carbocycles. The first-order valence-corrected chi connectivity index (χ1v) is 8.51. The second-order valence-corrected chi connectivity index (χ2v) is 7.51. The summed E-state index contributed by atoms with van der Waals surface area (Å²) in [6.07, 6.45) is 7.26. The molecule has 3 aliphatic carbocycles. The predicted octanol–water partition coefficient (Wildman–Crippen LogP) is 3.24. The topological polar surface area (TPSA) is 41.5 Å². The highest BCUT2D eigenvalue weighted by Gasteiger charge is 2.54. The van der Waals surface area contributed by atoms with Crippen LogP contribution in [0, 0.1) is 23.7 Å². The summed E-state index contributed by atoms with van der Waals surface area (Å²) in [5, 5.41) is 13.4. The predicted molar refractivity (Wildman–Crippen MR) is 80.3 cm³/mol. The highest BCUT2D eigenvalue weighted by Crippen LogP contribution is 2.59. The summed E-state index contributed by atoms with van der Waals surface area (Å²) in [6.45, 7) is 0.709. The van der Waals surface area contributed by atoms with Gasteiger partial charge in [-0.25, -0.2) is 0 Å². The molecule has 6 atom stereocenters. The van der Waals surface area contributed by atoms with Crippen molar-refractivity contribution < 1.29 is 9.84 Å². The molecule has 1 heterocycles. The van der Waals surface area contributed by atoms with Crippen LogP contribution >= 0.6 is 0 Å². The van der Waals surface area contributed by atoms with E-state index in [-0.39, 0.29) is 0 Å². The smallest absolute Gasteiger partial charge is 0.127 e. The van der Waals surface area contributed by atoms with Gasteiger partial charge in [-0.3, -0.25) is 0 Å². The molecule has 0 amide bonds. The SMILES string of the molecule is Oc1ccc2c(c1)OCC2NC1CC2CC1C1CCCC21. The third kappa shape index (κ3) is 1.76. The summed E-state index contributed by atoms with van der Waals surface area (Å²) in [7, 11) is 0. The minimum atomic E-state index is 0.295. The van der Waals surface area contributed by atoms with Gasteiger partial charge in [0, 0.05) is 17.7 Å². The molecule has 0 aromatic heterocycles. The number of hydrogen-bond acceptors (Lipinski definition) is 3. The van der Waals surface area contributed by atoms with Crippen LogP contribution in [-0.4, -0.2) is 17.8 Å². The molecular formula is C18H23NO2. The third-order valence-corrected chi connectivity index (χ3v) is 6.62. The number of nitrogens with one attached hydrogen (secondary N) is 1. The molecule has 0 radical (unpaired) electrons. The van der Waals surface area contributed by atoms with Crippen LogP contribution in [0.2, 0.25) is 0 Å². The fraction of sp³-hybridized carbons (Fsp3) is 0.667. The first kappa shape index (κ1) is 12.3. The maximum Gasteiger partial charge on any atom is 0.127 e. The number of aromatic hydroxyl groups is 1. The van der Waals surface area contributed by atoms with Crippen molar-refractivity contribution in [1.82, 2.24) is 5.32 Å². The molecule has 3 heteroatoms. The van der Waals surface area contributed by atoms with Gasteiger partial charge in [0.1, 0.15) is 18.1 Å². The van der Waals surface area contributed by atoms with E-state index in [4.69, 9.17) is 4.74 Å². The van der Waals surface area contributed by atoms with Crippen LogP contribution in [-0.2, 0) is 0 Å². The Balaban J connectivity index is 1.34. The number of phenolic OH excluding ortho intramolecular Hbond substituents is 1. The minimum absolute atomic E-state index is 0.295. The zero-order valence-corrected chi connectivity index (χ0v) is 12.3. The molecule has 4 aliphatic rings. The number of fused-ring (bicyclic) bond motifs is 6. The molecule has 1 aliphatic heterocycles. The van der Waals surface area contributed by atoms with Gasteiger partial charge < -0.3 is 15.2 Å². The number of phenols is 1. The van der Waals surface area contributed by atoms with E-state index in [1.165, 1.54) is 37.7 Å². The summed E-state index contributed by atoms with van der Waals surface area (Å²) in [5.41, 5.74) is 1.22. The molecule has 0 spiro atoms. The standard InChI is InChI=1S/C18H23NO2/c20-11-4-5-14-17(9-21-18(14)8-11)19-16-7-10-6-15(16)13-3-1-2-12(10)13/h4-5,8,10,12-13,15-17,19-20H,1-3,6-7,9H2. The fourth-order valence-electron chi connectivity index (χ4n) is 5.85. The zero-order valence-electron chi connectivity index (χ0n) is 12.3. The first-order valence-electron chi connectivity index (χ1n) is 8.51. The highest BCUT2D eigenvalue weighted by molar-refractivity contribution is 5.44. The van der Waals surface area contributed by atoms with Gasteiger partial charge in [0.15, 0.2) is 0 Å². The van der Waals surface area contributed by atoms with Gasteiger partial charge >= 0.3 is 0 Å². The highest BCUT2D eigenvalue weighted by atomic mass is 16.5. The molecule has 3 fully saturated rings. The Morgan fingerprint density at radius 3 is 2.95 bits per heavy atom. The van der Waals surface area contributed by atoms with Crippen LogP contribution in [0.5, 0.6) is 11.5 Å². The molecule has 0 saturated heterocycles. The summed E-state index contributed by atoms with van der Waals surface area (Å²) in [6, 6.07) is 6.52. The van der Waals surface area contributed by atoms with Gasteiger partial charge in [0.25, 0.3) is 0 Å². The van der Waals surface area contributed by atoms with E-state index < -0.39 is 0 Å². The van der Waals surface area contributed by atoms with E-state index >= 15 is 0 Å². The van der Waals surface area contributed by atoms with Gasteiger partial charge in [0.2, 0.25) is 0 Å². The van der Waals surface area contributed by atoms with Crippen LogP contribution in [0.1, 0.15) is 43.7 Å². The lowest BCUT2D eigenvalue weighted by Crippen LogP contribution is -2.41. The van der Waals surface area contributed by atoms with Crippen LogP contribution in [0.4, 0.5) is 0 Å². The lowest BCUT2D eigenvalue weighted by Gasteiger charge is -2.33. The second-order valence-electron chi connectivity index (χ2n) is 7.51. The Kier molecular flexibility index (Phi) is 2.58. The number of rotatable bonds is 2. The van der Waals surface area contributed by atoms with Crippen molar-refractivity contribution in [3.05, 3.63) is 23.8 Å². The van der Waals surface area contributed by atoms with E-state index in [1.54, 1.807) is 12.1 Å². The van der Waals surface area contributed by atoms with E-state index in [9.17, 15) is 5.11 Å². The molecular weight excluding hydrogens is 262 g/mol. The maximum absolute atomic E-state index is 9.56. The second kappa shape index (κ2) is 4.39. The van der Waals surface area contributed by atoms with Crippen molar-refractivity contribution in [3.63, 3.8) is 0 Å².